The first kappa shape index (κ1) is 34.5. The second-order valence-electron chi connectivity index (χ2n) is 13.0. The number of nitrogens with zero attached hydrogens (tertiary/aromatic N) is 3. The quantitative estimate of drug-likeness (QED) is 0.259. The van der Waals surface area contributed by atoms with Crippen LogP contribution in [0.15, 0.2) is 30.3 Å². The Hall–Kier alpha value is -3.86. The number of carboxylic acid groups (broad SMARTS) is 1. The monoisotopic (exact) mass is 653 g/mol. The molecule has 3 aliphatic heterocycles. The molecule has 2 aromatic carbocycles. The molecule has 0 aromatic heterocycles. The molecule has 3 atom stereocenters. The molecule has 3 heterocycles. The fourth-order valence-electron chi connectivity index (χ4n) is 7.64. The Morgan fingerprint density at radius 1 is 1.15 bits per heavy atom. The van der Waals surface area contributed by atoms with Gasteiger partial charge in [0.1, 0.15) is 5.82 Å². The van der Waals surface area contributed by atoms with Gasteiger partial charge in [-0.25, -0.2) is 4.39 Å². The smallest absolute Gasteiger partial charge is 0.308 e. The van der Waals surface area contributed by atoms with E-state index in [2.05, 4.69) is 13.8 Å². The predicted molar refractivity (Wildman–Crippen MR) is 176 cm³/mol. The summed E-state index contributed by atoms with van der Waals surface area (Å²) in [5.74, 6) is -1.09. The third-order valence-corrected chi connectivity index (χ3v) is 9.88. The van der Waals surface area contributed by atoms with Crippen LogP contribution in [0.25, 0.3) is 0 Å². The van der Waals surface area contributed by atoms with E-state index >= 15 is 0 Å². The second-order valence-corrected chi connectivity index (χ2v) is 13.0. The standard InChI is InChI=1S/C36H48FN3O7/c1-5-9-25(10-6-2)40(26-13-14-28(37)23(3)17-26)33(42)21-39-20-27(24-18-30(45-4)35-31(19-24)46-22-47-35)34(36(43)44)29(39)11-7-15-38-16-8-12-32(38)41/h13-14,17-19,25,27,29,34H,5-12,15-16,20-22H2,1-4H3,(H,43,44). The molecule has 3 unspecified atom stereocenters. The van der Waals surface area contributed by atoms with Gasteiger partial charge in [-0.3, -0.25) is 19.3 Å². The number of hydrogen-bond donors (Lipinski definition) is 1. The first-order valence-corrected chi connectivity index (χ1v) is 17.0. The van der Waals surface area contributed by atoms with Crippen LogP contribution >= 0.6 is 0 Å². The van der Waals surface area contributed by atoms with Gasteiger partial charge in [-0.05, 0) is 80.5 Å². The van der Waals surface area contributed by atoms with Crippen LogP contribution in [0, 0.1) is 18.7 Å². The van der Waals surface area contributed by atoms with E-state index in [9.17, 15) is 23.9 Å². The number of hydrogen-bond acceptors (Lipinski definition) is 7. The Bertz CT molecular complexity index is 1450. The summed E-state index contributed by atoms with van der Waals surface area (Å²) in [6.07, 6.45) is 5.86. The largest absolute Gasteiger partial charge is 0.493 e. The van der Waals surface area contributed by atoms with Gasteiger partial charge in [0.15, 0.2) is 11.5 Å². The molecule has 1 N–H and O–H groups in total. The number of fused-ring (bicyclic) bond motifs is 1. The lowest BCUT2D eigenvalue weighted by molar-refractivity contribution is -0.143. The van der Waals surface area contributed by atoms with Gasteiger partial charge in [-0.2, -0.15) is 0 Å². The van der Waals surface area contributed by atoms with Crippen molar-refractivity contribution in [1.82, 2.24) is 9.80 Å². The van der Waals surface area contributed by atoms with Gasteiger partial charge in [0.2, 0.25) is 24.4 Å². The lowest BCUT2D eigenvalue weighted by Crippen LogP contribution is -2.48. The molecule has 2 fully saturated rings. The van der Waals surface area contributed by atoms with Crippen LogP contribution in [0.1, 0.15) is 82.3 Å². The van der Waals surface area contributed by atoms with Crippen LogP contribution in [-0.4, -0.2) is 84.9 Å². The van der Waals surface area contributed by atoms with Gasteiger partial charge in [0.25, 0.3) is 0 Å². The average molecular weight is 654 g/mol. The Labute approximate surface area is 276 Å². The van der Waals surface area contributed by atoms with Gasteiger partial charge >= 0.3 is 5.97 Å². The molecule has 10 nitrogen and oxygen atoms in total. The van der Waals surface area contributed by atoms with Crippen molar-refractivity contribution in [2.75, 3.05) is 45.0 Å². The summed E-state index contributed by atoms with van der Waals surface area (Å²) < 4.78 is 31.2. The fourth-order valence-corrected chi connectivity index (χ4v) is 7.64. The number of likely N-dealkylation sites (tertiary alicyclic amines) is 2. The molecule has 2 aromatic rings. The van der Waals surface area contributed by atoms with E-state index in [0.29, 0.717) is 60.9 Å². The number of benzene rings is 2. The van der Waals surface area contributed by atoms with E-state index < -0.39 is 23.8 Å². The lowest BCUT2D eigenvalue weighted by Gasteiger charge is -2.35. The van der Waals surface area contributed by atoms with Crippen LogP contribution in [0.4, 0.5) is 10.1 Å². The zero-order chi connectivity index (χ0) is 33.7. The van der Waals surface area contributed by atoms with Crippen molar-refractivity contribution in [1.29, 1.82) is 0 Å². The van der Waals surface area contributed by atoms with Gasteiger partial charge in [-0.1, -0.05) is 26.7 Å². The molecule has 0 aliphatic carbocycles. The van der Waals surface area contributed by atoms with E-state index in [4.69, 9.17) is 14.2 Å². The molecule has 2 amide bonds. The molecular weight excluding hydrogens is 605 g/mol. The van der Waals surface area contributed by atoms with Crippen molar-refractivity contribution < 1.29 is 38.1 Å². The number of aliphatic carboxylic acids is 1. The highest BCUT2D eigenvalue weighted by atomic mass is 19.1. The summed E-state index contributed by atoms with van der Waals surface area (Å²) in [5, 5.41) is 10.7. The van der Waals surface area contributed by atoms with Crippen LogP contribution in [0.5, 0.6) is 17.2 Å². The maximum Gasteiger partial charge on any atom is 0.308 e. The minimum Gasteiger partial charge on any atom is -0.493 e. The van der Waals surface area contributed by atoms with Crippen molar-refractivity contribution in [2.45, 2.75) is 90.1 Å². The zero-order valence-electron chi connectivity index (χ0n) is 28.0. The van der Waals surface area contributed by atoms with Crippen LogP contribution < -0.4 is 19.1 Å². The molecular formula is C36H48FN3O7. The SMILES string of the molecule is CCCC(CCC)N(C(=O)CN1CC(c2cc(OC)c3c(c2)OCO3)C(C(=O)O)C1CCCN1CCCC1=O)c1ccc(F)c(C)c1. The number of anilines is 1. The van der Waals surface area contributed by atoms with Crippen molar-refractivity contribution in [3.8, 4) is 17.2 Å². The van der Waals surface area contributed by atoms with E-state index in [1.165, 1.54) is 13.2 Å². The summed E-state index contributed by atoms with van der Waals surface area (Å²) >= 11 is 0. The molecule has 0 spiro atoms. The van der Waals surface area contributed by atoms with Gasteiger partial charge in [0, 0.05) is 49.7 Å². The topological polar surface area (TPSA) is 109 Å². The minimum absolute atomic E-state index is 0.00955. The number of methoxy groups -OCH3 is 1. The third-order valence-electron chi connectivity index (χ3n) is 9.88. The van der Waals surface area contributed by atoms with Crippen molar-refractivity contribution >= 4 is 23.5 Å². The highest BCUT2D eigenvalue weighted by Crippen LogP contribution is 2.47. The van der Waals surface area contributed by atoms with Gasteiger partial charge < -0.3 is 29.1 Å². The summed E-state index contributed by atoms with van der Waals surface area (Å²) in [4.78, 5) is 45.5. The Kier molecular flexibility index (Phi) is 11.3. The van der Waals surface area contributed by atoms with Crippen LogP contribution in [0.3, 0.4) is 0 Å². The zero-order valence-corrected chi connectivity index (χ0v) is 28.0. The van der Waals surface area contributed by atoms with Crippen molar-refractivity contribution in [2.24, 2.45) is 5.92 Å². The fraction of sp³-hybridized carbons (Fsp3) is 0.583. The molecule has 2 saturated heterocycles. The molecule has 0 radical (unpaired) electrons. The number of carboxylic acids is 1. The number of ether oxygens (including phenoxy) is 3. The predicted octanol–water partition coefficient (Wildman–Crippen LogP) is 5.74. The molecule has 3 aliphatic rings. The first-order valence-electron chi connectivity index (χ1n) is 17.0. The number of aryl methyl sites for hydroxylation is 1. The van der Waals surface area contributed by atoms with E-state index in [0.717, 1.165) is 44.2 Å². The van der Waals surface area contributed by atoms with E-state index in [-0.39, 0.29) is 37.0 Å². The Morgan fingerprint density at radius 2 is 1.91 bits per heavy atom. The maximum absolute atomic E-state index is 14.5. The average Bonchev–Trinajstić information content (AvgIpc) is 3.78. The van der Waals surface area contributed by atoms with Gasteiger partial charge in [-0.15, -0.1) is 0 Å². The summed E-state index contributed by atoms with van der Waals surface area (Å²) in [7, 11) is 1.53. The van der Waals surface area contributed by atoms with Crippen molar-refractivity contribution in [3.05, 3.63) is 47.3 Å². The van der Waals surface area contributed by atoms with Gasteiger partial charge in [0.05, 0.1) is 19.6 Å². The lowest BCUT2D eigenvalue weighted by atomic mass is 9.83. The highest BCUT2D eigenvalue weighted by Gasteiger charge is 2.48. The molecule has 0 saturated carbocycles. The Morgan fingerprint density at radius 3 is 2.55 bits per heavy atom. The summed E-state index contributed by atoms with van der Waals surface area (Å²) in [6.45, 7) is 7.54. The Balaban J connectivity index is 1.48. The number of carbonyl (C=O) groups excluding carboxylic acids is 2. The normalized spacial score (nSPS) is 20.8. The van der Waals surface area contributed by atoms with E-state index in [1.807, 2.05) is 26.8 Å². The minimum atomic E-state index is -0.940. The third kappa shape index (κ3) is 7.50. The maximum atomic E-state index is 14.5. The number of halogens is 1. The molecule has 0 bridgehead atoms. The molecule has 5 rings (SSSR count). The second kappa shape index (κ2) is 15.4. The molecule has 11 heteroatoms. The van der Waals surface area contributed by atoms with Crippen LogP contribution in [0.2, 0.25) is 0 Å². The number of amides is 2. The van der Waals surface area contributed by atoms with E-state index in [1.54, 1.807) is 19.1 Å². The number of rotatable bonds is 15. The number of carbonyl (C=O) groups is 3. The molecule has 256 valence electrons. The first-order chi connectivity index (χ1) is 22.7. The van der Waals surface area contributed by atoms with Crippen LogP contribution in [-0.2, 0) is 14.4 Å². The van der Waals surface area contributed by atoms with Crippen molar-refractivity contribution in [3.63, 3.8) is 0 Å². The molecule has 47 heavy (non-hydrogen) atoms. The summed E-state index contributed by atoms with van der Waals surface area (Å²) in [6, 6.07) is 7.89. The highest BCUT2D eigenvalue weighted by molar-refractivity contribution is 5.95. The summed E-state index contributed by atoms with van der Waals surface area (Å²) in [5.41, 5.74) is 1.86.